The monoisotopic (exact) mass is 396 g/mol. The predicted octanol–water partition coefficient (Wildman–Crippen LogP) is 4.97. The highest BCUT2D eigenvalue weighted by atomic mass is 31.1. The van der Waals surface area contributed by atoms with E-state index in [4.69, 9.17) is 4.74 Å². The van der Waals surface area contributed by atoms with Gasteiger partial charge in [-0.05, 0) is 49.7 Å². The molecule has 0 amide bonds. The van der Waals surface area contributed by atoms with Gasteiger partial charge in [0.05, 0.1) is 5.56 Å². The van der Waals surface area contributed by atoms with E-state index in [0.717, 1.165) is 10.9 Å². The van der Waals surface area contributed by atoms with Crippen LogP contribution in [-0.4, -0.2) is 5.97 Å². The molecule has 4 aromatic carbocycles. The number of hydrogen-bond acceptors (Lipinski definition) is 2. The third-order valence-electron chi connectivity index (χ3n) is 4.60. The van der Waals surface area contributed by atoms with Crippen LogP contribution in [0.3, 0.4) is 0 Å². The number of hydrogen-bond donors (Lipinski definition) is 0. The first kappa shape index (κ1) is 19.1. The Morgan fingerprint density at radius 1 is 0.690 bits per heavy atom. The molecule has 0 fully saturated rings. The molecule has 4 rings (SSSR count). The minimum atomic E-state index is -0.860. The van der Waals surface area contributed by atoms with Gasteiger partial charge in [-0.1, -0.05) is 90.5 Å². The lowest BCUT2D eigenvalue weighted by molar-refractivity contribution is 0.0736. The quantitative estimate of drug-likeness (QED) is 0.270. The Bertz CT molecular complexity index is 1050. The van der Waals surface area contributed by atoms with Crippen molar-refractivity contribution in [3.63, 3.8) is 0 Å². The zero-order valence-electron chi connectivity index (χ0n) is 16.2. The van der Waals surface area contributed by atoms with Crippen molar-refractivity contribution in [1.29, 1.82) is 0 Å². The zero-order valence-corrected chi connectivity index (χ0v) is 17.1. The molecule has 0 aliphatic rings. The predicted molar refractivity (Wildman–Crippen MR) is 121 cm³/mol. The van der Waals surface area contributed by atoms with Gasteiger partial charge in [-0.2, -0.15) is 0 Å². The van der Waals surface area contributed by atoms with Crippen LogP contribution in [0.25, 0.3) is 0 Å². The largest absolute Gasteiger partial charge is 0.422 e. The molecule has 0 saturated carbocycles. The molecule has 0 aromatic heterocycles. The molecular formula is C26H21O2P. The van der Waals surface area contributed by atoms with Gasteiger partial charge in [0.25, 0.3) is 0 Å². The van der Waals surface area contributed by atoms with E-state index in [0.29, 0.717) is 11.3 Å². The maximum absolute atomic E-state index is 12.7. The second-order valence-electron chi connectivity index (χ2n) is 6.73. The highest BCUT2D eigenvalue weighted by Crippen LogP contribution is 2.37. The summed E-state index contributed by atoms with van der Waals surface area (Å²) < 4.78 is 5.89. The summed E-state index contributed by atoms with van der Waals surface area (Å²) >= 11 is 0. The third-order valence-corrected chi connectivity index (χ3v) is 7.06. The molecule has 0 bridgehead atoms. The van der Waals surface area contributed by atoms with E-state index < -0.39 is 7.92 Å². The van der Waals surface area contributed by atoms with Crippen molar-refractivity contribution in [2.45, 2.75) is 6.92 Å². The topological polar surface area (TPSA) is 26.3 Å². The van der Waals surface area contributed by atoms with Gasteiger partial charge in [0.2, 0.25) is 0 Å². The summed E-state index contributed by atoms with van der Waals surface area (Å²) in [5.41, 5.74) is 1.68. The lowest BCUT2D eigenvalue weighted by Crippen LogP contribution is -2.23. The van der Waals surface area contributed by atoms with Gasteiger partial charge in [-0.15, -0.1) is 0 Å². The van der Waals surface area contributed by atoms with E-state index in [1.165, 1.54) is 10.6 Å². The highest BCUT2D eigenvalue weighted by Gasteiger charge is 2.22. The van der Waals surface area contributed by atoms with Crippen LogP contribution in [0.5, 0.6) is 5.75 Å². The Balaban J connectivity index is 1.81. The summed E-state index contributed by atoms with van der Waals surface area (Å²) in [6, 6.07) is 36.0. The molecule has 0 atom stereocenters. The minimum absolute atomic E-state index is 0.341. The molecule has 0 spiro atoms. The molecular weight excluding hydrogens is 375 g/mol. The summed E-state index contributed by atoms with van der Waals surface area (Å²) in [7, 11) is -0.860. The SMILES string of the molecule is Cc1ccc(OC(=O)c2ccccc2)c(P(c2ccccc2)c2ccccc2)c1. The average Bonchev–Trinajstić information content (AvgIpc) is 2.78. The van der Waals surface area contributed by atoms with Gasteiger partial charge in [-0.3, -0.25) is 0 Å². The molecule has 3 heteroatoms. The van der Waals surface area contributed by atoms with Crippen molar-refractivity contribution in [2.24, 2.45) is 0 Å². The van der Waals surface area contributed by atoms with E-state index in [1.807, 2.05) is 42.5 Å². The number of esters is 1. The molecule has 0 aliphatic carbocycles. The number of aryl methyl sites for hydroxylation is 1. The van der Waals surface area contributed by atoms with E-state index in [1.54, 1.807) is 12.1 Å². The molecule has 0 heterocycles. The third kappa shape index (κ3) is 4.45. The van der Waals surface area contributed by atoms with Crippen LogP contribution in [0.1, 0.15) is 15.9 Å². The van der Waals surface area contributed by atoms with E-state index in [2.05, 4.69) is 61.5 Å². The minimum Gasteiger partial charge on any atom is -0.422 e. The highest BCUT2D eigenvalue weighted by molar-refractivity contribution is 7.80. The Labute approximate surface area is 172 Å². The van der Waals surface area contributed by atoms with Crippen molar-refractivity contribution in [3.05, 3.63) is 120 Å². The van der Waals surface area contributed by atoms with Gasteiger partial charge in [0, 0.05) is 5.30 Å². The van der Waals surface area contributed by atoms with E-state index in [-0.39, 0.29) is 5.97 Å². The summed E-state index contributed by atoms with van der Waals surface area (Å²) in [6.07, 6.45) is 0. The van der Waals surface area contributed by atoms with Gasteiger partial charge < -0.3 is 4.74 Å². The standard InChI is InChI=1S/C26H21O2P/c1-20-17-18-24(28-26(27)21-11-5-2-6-12-21)25(19-20)29(22-13-7-3-8-14-22)23-15-9-4-10-16-23/h2-19H,1H3. The second kappa shape index (κ2) is 8.86. The maximum Gasteiger partial charge on any atom is 0.343 e. The van der Waals surface area contributed by atoms with E-state index in [9.17, 15) is 4.79 Å². The fourth-order valence-electron chi connectivity index (χ4n) is 3.20. The van der Waals surface area contributed by atoms with E-state index >= 15 is 0 Å². The smallest absolute Gasteiger partial charge is 0.343 e. The molecule has 29 heavy (non-hydrogen) atoms. The molecule has 4 aromatic rings. The first-order valence-electron chi connectivity index (χ1n) is 9.50. The van der Waals surface area contributed by atoms with Crippen LogP contribution >= 0.6 is 7.92 Å². The number of carbonyl (C=O) groups is 1. The Morgan fingerprint density at radius 2 is 1.21 bits per heavy atom. The summed E-state index contributed by atoms with van der Waals surface area (Å²) in [5, 5.41) is 3.48. The normalized spacial score (nSPS) is 10.7. The fraction of sp³-hybridized carbons (Fsp3) is 0.0385. The number of benzene rings is 4. The first-order chi connectivity index (χ1) is 14.2. The number of rotatable bonds is 5. The molecule has 0 aliphatic heterocycles. The Hall–Kier alpha value is -3.22. The first-order valence-corrected chi connectivity index (χ1v) is 10.8. The maximum atomic E-state index is 12.7. The van der Waals surface area contributed by atoms with Gasteiger partial charge in [0.1, 0.15) is 5.75 Å². The average molecular weight is 396 g/mol. The van der Waals surface area contributed by atoms with Crippen LogP contribution < -0.4 is 20.7 Å². The van der Waals surface area contributed by atoms with Crippen molar-refractivity contribution >= 4 is 29.8 Å². The van der Waals surface area contributed by atoms with Crippen molar-refractivity contribution in [3.8, 4) is 5.75 Å². The molecule has 142 valence electrons. The van der Waals surface area contributed by atoms with Crippen molar-refractivity contribution in [2.75, 3.05) is 0 Å². The second-order valence-corrected chi connectivity index (χ2v) is 8.92. The van der Waals surface area contributed by atoms with Gasteiger partial charge in [-0.25, -0.2) is 4.79 Å². The van der Waals surface area contributed by atoms with Crippen LogP contribution in [0.4, 0.5) is 0 Å². The Morgan fingerprint density at radius 3 is 1.76 bits per heavy atom. The lowest BCUT2D eigenvalue weighted by atomic mass is 10.2. The van der Waals surface area contributed by atoms with Crippen LogP contribution in [0, 0.1) is 6.92 Å². The molecule has 0 N–H and O–H groups in total. The number of carbonyl (C=O) groups excluding carboxylic acids is 1. The summed E-state index contributed by atoms with van der Waals surface area (Å²) in [4.78, 5) is 12.7. The van der Waals surface area contributed by atoms with Crippen LogP contribution in [-0.2, 0) is 0 Å². The van der Waals surface area contributed by atoms with Gasteiger partial charge >= 0.3 is 5.97 Å². The fourth-order valence-corrected chi connectivity index (χ4v) is 5.67. The number of ether oxygens (including phenoxy) is 1. The molecule has 2 nitrogen and oxygen atoms in total. The van der Waals surface area contributed by atoms with Crippen LogP contribution in [0.2, 0.25) is 0 Å². The van der Waals surface area contributed by atoms with Crippen molar-refractivity contribution < 1.29 is 9.53 Å². The lowest BCUT2D eigenvalue weighted by Gasteiger charge is -2.22. The summed E-state index contributed by atoms with van der Waals surface area (Å²) in [6.45, 7) is 2.07. The van der Waals surface area contributed by atoms with Crippen molar-refractivity contribution in [1.82, 2.24) is 0 Å². The summed E-state index contributed by atoms with van der Waals surface area (Å²) in [5.74, 6) is 0.273. The zero-order chi connectivity index (χ0) is 20.1. The Kier molecular flexibility index (Phi) is 5.84. The van der Waals surface area contributed by atoms with Crippen LogP contribution in [0.15, 0.2) is 109 Å². The van der Waals surface area contributed by atoms with Gasteiger partial charge in [0.15, 0.2) is 0 Å². The molecule has 0 radical (unpaired) electrons. The molecule has 0 unspecified atom stereocenters. The molecule has 0 saturated heterocycles.